The number of aromatic hydroxyl groups is 1. The second-order valence-corrected chi connectivity index (χ2v) is 14.3. The Morgan fingerprint density at radius 2 is 1.76 bits per heavy atom. The molecule has 4 amide bonds. The average molecular weight is 645 g/mol. The standard InChI is InChI=1S/C36H34ClFN2O6/c1-36-26(33(43)40(35(36)45)21-7-11-28(38)27(37)15-21)16-25-23(31(36)19-13-18-14-22(41)8-12-29(18)46-17-19)9-10-24-30(25)34(44)39(32(24)42)20-5-3-2-4-6-20/h7-9,11-12,14-15,17,20,24-26,30-31,41H,2-6,10,13,16H2,1H3/t24-,25+,26-,30-,31-,36+/m0/s1. The lowest BCUT2D eigenvalue weighted by Gasteiger charge is -2.50. The summed E-state index contributed by atoms with van der Waals surface area (Å²) >= 11 is 6.10. The number of imide groups is 2. The van der Waals surface area contributed by atoms with Gasteiger partial charge < -0.3 is 9.84 Å². The van der Waals surface area contributed by atoms with Gasteiger partial charge in [-0.1, -0.05) is 42.5 Å². The first kappa shape index (κ1) is 29.4. The van der Waals surface area contributed by atoms with Gasteiger partial charge in [-0.25, -0.2) is 9.29 Å². The number of benzene rings is 2. The van der Waals surface area contributed by atoms with Crippen molar-refractivity contribution in [3.8, 4) is 11.5 Å². The summed E-state index contributed by atoms with van der Waals surface area (Å²) in [5.41, 5.74) is 1.30. The van der Waals surface area contributed by atoms with Crippen LogP contribution in [-0.2, 0) is 25.6 Å². The van der Waals surface area contributed by atoms with E-state index in [9.17, 15) is 28.7 Å². The summed E-state index contributed by atoms with van der Waals surface area (Å²) in [5, 5.41) is 10.0. The van der Waals surface area contributed by atoms with Gasteiger partial charge in [0.05, 0.1) is 40.1 Å². The first-order valence-electron chi connectivity index (χ1n) is 16.2. The third-order valence-electron chi connectivity index (χ3n) is 11.6. The number of fused-ring (bicyclic) bond motifs is 5. The predicted octanol–water partition coefficient (Wildman–Crippen LogP) is 6.10. The van der Waals surface area contributed by atoms with Gasteiger partial charge in [0.15, 0.2) is 0 Å². The zero-order valence-electron chi connectivity index (χ0n) is 25.4. The van der Waals surface area contributed by atoms with Crippen LogP contribution in [0.25, 0.3) is 0 Å². The minimum atomic E-state index is -1.26. The number of carbonyl (C=O) groups excluding carboxylic acids is 4. The maximum absolute atomic E-state index is 14.6. The molecule has 3 heterocycles. The molecule has 1 N–H and O–H groups in total. The van der Waals surface area contributed by atoms with Gasteiger partial charge in [0, 0.05) is 23.9 Å². The fourth-order valence-corrected chi connectivity index (χ4v) is 9.61. The van der Waals surface area contributed by atoms with Crippen molar-refractivity contribution in [1.29, 1.82) is 0 Å². The fraction of sp³-hybridized carbons (Fsp3) is 0.444. The molecule has 46 heavy (non-hydrogen) atoms. The molecule has 10 heteroatoms. The molecule has 238 valence electrons. The minimum absolute atomic E-state index is 0.0817. The lowest BCUT2D eigenvalue weighted by molar-refractivity contribution is -0.144. The average Bonchev–Trinajstić information content (AvgIpc) is 3.42. The van der Waals surface area contributed by atoms with Crippen molar-refractivity contribution in [2.75, 3.05) is 4.90 Å². The molecule has 3 aliphatic carbocycles. The SMILES string of the molecule is C[C@@]12C(=O)N(c3ccc(F)c(Cl)c3)C(=O)[C@@H]1C[C@@H]1C(=CC[C@@H]3C(=O)N(C4CCCCC4)C(=O)[C@@H]31)[C@@H]2C1=COc2ccc(O)cc2C1. The third kappa shape index (κ3) is 4.09. The predicted molar refractivity (Wildman–Crippen MR) is 166 cm³/mol. The third-order valence-corrected chi connectivity index (χ3v) is 11.8. The van der Waals surface area contributed by atoms with E-state index in [1.165, 1.54) is 17.0 Å². The summed E-state index contributed by atoms with van der Waals surface area (Å²) in [6, 6.07) is 8.55. The molecule has 0 unspecified atom stereocenters. The van der Waals surface area contributed by atoms with Gasteiger partial charge in [0.2, 0.25) is 23.6 Å². The number of rotatable bonds is 3. The van der Waals surface area contributed by atoms with Crippen molar-refractivity contribution in [3.63, 3.8) is 0 Å². The van der Waals surface area contributed by atoms with Gasteiger partial charge >= 0.3 is 0 Å². The van der Waals surface area contributed by atoms with Gasteiger partial charge in [-0.15, -0.1) is 0 Å². The molecule has 2 aromatic carbocycles. The Labute approximate surface area is 270 Å². The number of hydrogen-bond donors (Lipinski definition) is 1. The molecule has 2 saturated carbocycles. The molecule has 0 aromatic heterocycles. The Morgan fingerprint density at radius 3 is 2.52 bits per heavy atom. The van der Waals surface area contributed by atoms with E-state index in [0.717, 1.165) is 59.8 Å². The zero-order chi connectivity index (χ0) is 32.1. The van der Waals surface area contributed by atoms with E-state index >= 15 is 0 Å². The van der Waals surface area contributed by atoms with E-state index in [1.807, 2.05) is 6.08 Å². The number of ether oxygens (including phenoxy) is 1. The molecular formula is C36H34ClFN2O6. The topological polar surface area (TPSA) is 104 Å². The van der Waals surface area contributed by atoms with Gasteiger partial charge in [0.1, 0.15) is 17.3 Å². The molecule has 4 fully saturated rings. The number of nitrogens with zero attached hydrogens (tertiary/aromatic N) is 2. The number of hydrogen-bond acceptors (Lipinski definition) is 6. The fourth-order valence-electron chi connectivity index (χ4n) is 9.44. The first-order valence-corrected chi connectivity index (χ1v) is 16.5. The molecule has 0 bridgehead atoms. The lowest BCUT2D eigenvalue weighted by Crippen LogP contribution is -2.51. The quantitative estimate of drug-likeness (QED) is 0.320. The summed E-state index contributed by atoms with van der Waals surface area (Å²) in [6.45, 7) is 1.80. The summed E-state index contributed by atoms with van der Waals surface area (Å²) in [5.74, 6) is -4.10. The molecule has 3 aliphatic heterocycles. The molecule has 6 atom stereocenters. The van der Waals surface area contributed by atoms with Crippen LogP contribution in [0.4, 0.5) is 10.1 Å². The number of allylic oxidation sites excluding steroid dienone is 3. The molecule has 8 nitrogen and oxygen atoms in total. The second kappa shape index (κ2) is 10.5. The number of phenols is 1. The summed E-state index contributed by atoms with van der Waals surface area (Å²) < 4.78 is 20.2. The number of anilines is 1. The maximum atomic E-state index is 14.6. The highest BCUT2D eigenvalue weighted by atomic mass is 35.5. The summed E-state index contributed by atoms with van der Waals surface area (Å²) in [7, 11) is 0. The monoisotopic (exact) mass is 644 g/mol. The number of halogens is 2. The molecule has 8 rings (SSSR count). The number of phenolic OH excluding ortho intramolecular Hbond substituents is 1. The van der Waals surface area contributed by atoms with E-state index in [4.69, 9.17) is 16.3 Å². The van der Waals surface area contributed by atoms with Gasteiger partial charge in [0.25, 0.3) is 0 Å². The second-order valence-electron chi connectivity index (χ2n) is 13.9. The van der Waals surface area contributed by atoms with Crippen molar-refractivity contribution in [1.82, 2.24) is 4.90 Å². The van der Waals surface area contributed by atoms with Crippen LogP contribution in [0.3, 0.4) is 0 Å². The van der Waals surface area contributed by atoms with Crippen molar-refractivity contribution in [3.05, 3.63) is 76.3 Å². The normalized spacial score (nSPS) is 32.4. The molecular weight excluding hydrogens is 611 g/mol. The Kier molecular flexibility index (Phi) is 6.73. The Morgan fingerprint density at radius 1 is 0.978 bits per heavy atom. The van der Waals surface area contributed by atoms with Crippen molar-refractivity contribution >= 4 is 40.9 Å². The van der Waals surface area contributed by atoms with Crippen LogP contribution in [0.2, 0.25) is 5.02 Å². The highest BCUT2D eigenvalue weighted by Crippen LogP contribution is 2.63. The molecule has 0 spiro atoms. The highest BCUT2D eigenvalue weighted by molar-refractivity contribution is 6.31. The van der Waals surface area contributed by atoms with E-state index < -0.39 is 52.6 Å². The summed E-state index contributed by atoms with van der Waals surface area (Å²) in [4.78, 5) is 59.7. The Balaban J connectivity index is 1.24. The van der Waals surface area contributed by atoms with Crippen molar-refractivity contribution < 1.29 is 33.4 Å². The van der Waals surface area contributed by atoms with Crippen LogP contribution in [0, 0.1) is 40.8 Å². The van der Waals surface area contributed by atoms with Crippen LogP contribution in [0.5, 0.6) is 11.5 Å². The van der Waals surface area contributed by atoms with Crippen molar-refractivity contribution in [2.24, 2.45) is 35.0 Å². The van der Waals surface area contributed by atoms with Crippen molar-refractivity contribution in [2.45, 2.75) is 64.3 Å². The summed E-state index contributed by atoms with van der Waals surface area (Å²) in [6.07, 6.45) is 9.32. The van der Waals surface area contributed by atoms with Gasteiger partial charge in [-0.05, 0) is 80.5 Å². The molecule has 0 radical (unpaired) electrons. The van der Waals surface area contributed by atoms with Crippen LogP contribution in [-0.4, -0.2) is 39.7 Å². The Bertz CT molecular complexity index is 1780. The van der Waals surface area contributed by atoms with E-state index in [2.05, 4.69) is 0 Å². The van der Waals surface area contributed by atoms with E-state index in [0.29, 0.717) is 18.6 Å². The number of amides is 4. The smallest absolute Gasteiger partial charge is 0.241 e. The van der Waals surface area contributed by atoms with E-state index in [-0.39, 0.29) is 40.7 Å². The lowest BCUT2D eigenvalue weighted by atomic mass is 9.51. The molecule has 2 saturated heterocycles. The maximum Gasteiger partial charge on any atom is 0.241 e. The first-order chi connectivity index (χ1) is 22.1. The van der Waals surface area contributed by atoms with Crippen LogP contribution in [0.15, 0.2) is 59.9 Å². The molecule has 6 aliphatic rings. The van der Waals surface area contributed by atoms with Crippen LogP contribution in [0.1, 0.15) is 57.4 Å². The largest absolute Gasteiger partial charge is 0.508 e. The number of carbonyl (C=O) groups is 4. The van der Waals surface area contributed by atoms with Gasteiger partial charge in [-0.2, -0.15) is 0 Å². The minimum Gasteiger partial charge on any atom is -0.508 e. The zero-order valence-corrected chi connectivity index (χ0v) is 26.1. The van der Waals surface area contributed by atoms with Crippen LogP contribution >= 0.6 is 11.6 Å². The number of likely N-dealkylation sites (tertiary alicyclic amines) is 1. The Hall–Kier alpha value is -3.98. The van der Waals surface area contributed by atoms with Crippen LogP contribution < -0.4 is 9.64 Å². The highest BCUT2D eigenvalue weighted by Gasteiger charge is 2.68. The van der Waals surface area contributed by atoms with Gasteiger partial charge in [-0.3, -0.25) is 24.1 Å². The van der Waals surface area contributed by atoms with E-state index in [1.54, 1.807) is 31.4 Å². The molecule has 2 aromatic rings.